The number of amides is 3. The molecule has 2 heterocycles. The molecule has 0 aliphatic carbocycles. The third-order valence-electron chi connectivity index (χ3n) is 5.35. The van der Waals surface area contributed by atoms with Gasteiger partial charge in [0.05, 0.1) is 16.3 Å². The lowest BCUT2D eigenvalue weighted by molar-refractivity contribution is -0.123. The Morgan fingerprint density at radius 1 is 1.00 bits per heavy atom. The fourth-order valence-corrected chi connectivity index (χ4v) is 4.39. The fourth-order valence-electron chi connectivity index (χ4n) is 3.52. The van der Waals surface area contributed by atoms with Crippen molar-refractivity contribution in [1.29, 1.82) is 0 Å². The molecule has 3 aromatic rings. The number of para-hydroxylation sites is 1. The lowest BCUT2D eigenvalue weighted by atomic mass is 10.2. The molecule has 0 saturated carbocycles. The highest BCUT2D eigenvalue weighted by molar-refractivity contribution is 8.18. The van der Waals surface area contributed by atoms with Gasteiger partial charge < -0.3 is 5.32 Å². The lowest BCUT2D eigenvalue weighted by Crippen LogP contribution is -2.32. The van der Waals surface area contributed by atoms with Crippen molar-refractivity contribution in [2.45, 2.75) is 13.3 Å². The highest BCUT2D eigenvalue weighted by Gasteiger charge is 2.35. The standard InChI is InChI=1S/C24H22N4O4S/c1-16-21(23(31)28(26(16)2)18-11-7-4-8-12-18)25-20(29)13-14-27-22(30)19(33-24(27)32)15-17-9-5-3-6-10-17/h3-12,15H,13-14H2,1-2H3,(H,25,29). The van der Waals surface area contributed by atoms with E-state index in [1.807, 2.05) is 48.5 Å². The van der Waals surface area contributed by atoms with Crippen molar-refractivity contribution >= 4 is 40.6 Å². The number of hydrogen-bond acceptors (Lipinski definition) is 5. The number of carbonyl (C=O) groups is 3. The number of carbonyl (C=O) groups excluding carboxylic acids is 3. The first-order valence-electron chi connectivity index (χ1n) is 10.3. The second-order valence-electron chi connectivity index (χ2n) is 7.48. The summed E-state index contributed by atoms with van der Waals surface area (Å²) in [5.41, 5.74) is 1.90. The smallest absolute Gasteiger partial charge is 0.295 e. The predicted molar refractivity (Wildman–Crippen MR) is 128 cm³/mol. The van der Waals surface area contributed by atoms with Gasteiger partial charge in [-0.05, 0) is 42.5 Å². The monoisotopic (exact) mass is 462 g/mol. The molecule has 0 atom stereocenters. The summed E-state index contributed by atoms with van der Waals surface area (Å²) in [6, 6.07) is 18.3. The van der Waals surface area contributed by atoms with Gasteiger partial charge in [-0.2, -0.15) is 0 Å². The Labute approximate surface area is 194 Å². The number of thioether (sulfide) groups is 1. The van der Waals surface area contributed by atoms with Crippen LogP contribution in [-0.2, 0) is 16.6 Å². The van der Waals surface area contributed by atoms with Crippen LogP contribution in [0.1, 0.15) is 17.7 Å². The summed E-state index contributed by atoms with van der Waals surface area (Å²) in [6.45, 7) is 1.67. The van der Waals surface area contributed by atoms with Gasteiger partial charge in [-0.25, -0.2) is 4.68 Å². The first kappa shape index (κ1) is 22.3. The van der Waals surface area contributed by atoms with Crippen LogP contribution in [0.4, 0.5) is 10.5 Å². The second-order valence-corrected chi connectivity index (χ2v) is 8.47. The summed E-state index contributed by atoms with van der Waals surface area (Å²) < 4.78 is 3.13. The molecule has 0 radical (unpaired) electrons. The van der Waals surface area contributed by atoms with Gasteiger partial charge in [-0.1, -0.05) is 48.5 Å². The maximum atomic E-state index is 12.9. The molecule has 0 unspecified atom stereocenters. The van der Waals surface area contributed by atoms with E-state index < -0.39 is 17.1 Å². The van der Waals surface area contributed by atoms with Crippen LogP contribution in [0.15, 0.2) is 70.4 Å². The van der Waals surface area contributed by atoms with E-state index in [0.717, 1.165) is 22.2 Å². The summed E-state index contributed by atoms with van der Waals surface area (Å²) in [6.07, 6.45) is 1.54. The van der Waals surface area contributed by atoms with Crippen LogP contribution in [0.5, 0.6) is 0 Å². The average molecular weight is 463 g/mol. The van der Waals surface area contributed by atoms with Crippen LogP contribution in [0.2, 0.25) is 0 Å². The maximum absolute atomic E-state index is 12.9. The molecule has 9 heteroatoms. The molecule has 0 bridgehead atoms. The zero-order chi connectivity index (χ0) is 23.5. The van der Waals surface area contributed by atoms with Crippen molar-refractivity contribution in [2.24, 2.45) is 7.05 Å². The third-order valence-corrected chi connectivity index (χ3v) is 6.26. The molecule has 4 rings (SSSR count). The van der Waals surface area contributed by atoms with Crippen molar-refractivity contribution in [3.63, 3.8) is 0 Å². The zero-order valence-electron chi connectivity index (χ0n) is 18.1. The molecule has 1 aliphatic rings. The number of rotatable bonds is 6. The molecule has 1 N–H and O–H groups in total. The van der Waals surface area contributed by atoms with E-state index in [1.54, 1.807) is 36.9 Å². The van der Waals surface area contributed by atoms with Gasteiger partial charge in [-0.3, -0.25) is 28.8 Å². The van der Waals surface area contributed by atoms with Crippen molar-refractivity contribution in [3.05, 3.63) is 87.2 Å². The van der Waals surface area contributed by atoms with Crippen LogP contribution in [-0.4, -0.2) is 37.9 Å². The summed E-state index contributed by atoms with van der Waals surface area (Å²) in [7, 11) is 1.73. The molecule has 1 aliphatic heterocycles. The number of hydrogen-bond donors (Lipinski definition) is 1. The van der Waals surface area contributed by atoms with Gasteiger partial charge in [0.25, 0.3) is 16.7 Å². The summed E-state index contributed by atoms with van der Waals surface area (Å²) in [4.78, 5) is 51.8. The van der Waals surface area contributed by atoms with Crippen LogP contribution in [0.3, 0.4) is 0 Å². The molecular formula is C24H22N4O4S. The van der Waals surface area contributed by atoms with E-state index >= 15 is 0 Å². The van der Waals surface area contributed by atoms with Crippen LogP contribution in [0.25, 0.3) is 11.8 Å². The highest BCUT2D eigenvalue weighted by atomic mass is 32.2. The summed E-state index contributed by atoms with van der Waals surface area (Å²) in [5.74, 6) is -0.879. The van der Waals surface area contributed by atoms with E-state index in [0.29, 0.717) is 16.3 Å². The SMILES string of the molecule is Cc1c(NC(=O)CCN2C(=O)SC(=Cc3ccccc3)C2=O)c(=O)n(-c2ccccc2)n1C. The maximum Gasteiger partial charge on any atom is 0.295 e. The van der Waals surface area contributed by atoms with E-state index in [1.165, 1.54) is 4.68 Å². The first-order valence-corrected chi connectivity index (χ1v) is 11.1. The van der Waals surface area contributed by atoms with Gasteiger partial charge in [-0.15, -0.1) is 0 Å². The Kier molecular flexibility index (Phi) is 6.32. The fraction of sp³-hybridized carbons (Fsp3) is 0.167. The Bertz CT molecular complexity index is 1310. The Hall–Kier alpha value is -3.85. The number of benzene rings is 2. The van der Waals surface area contributed by atoms with E-state index in [-0.39, 0.29) is 24.2 Å². The summed E-state index contributed by atoms with van der Waals surface area (Å²) in [5, 5.41) is 2.23. The molecule has 2 aromatic carbocycles. The van der Waals surface area contributed by atoms with Crippen LogP contribution < -0.4 is 10.9 Å². The molecule has 1 fully saturated rings. The molecule has 1 saturated heterocycles. The topological polar surface area (TPSA) is 93.4 Å². The quantitative estimate of drug-likeness (QED) is 0.566. The molecule has 8 nitrogen and oxygen atoms in total. The van der Waals surface area contributed by atoms with E-state index in [9.17, 15) is 19.2 Å². The zero-order valence-corrected chi connectivity index (χ0v) is 19.0. The molecule has 168 valence electrons. The van der Waals surface area contributed by atoms with Gasteiger partial charge in [0.1, 0.15) is 5.69 Å². The van der Waals surface area contributed by atoms with Gasteiger partial charge in [0.15, 0.2) is 0 Å². The number of anilines is 1. The Morgan fingerprint density at radius 3 is 2.30 bits per heavy atom. The van der Waals surface area contributed by atoms with E-state index in [4.69, 9.17) is 0 Å². The van der Waals surface area contributed by atoms with Crippen molar-refractivity contribution in [1.82, 2.24) is 14.3 Å². The Morgan fingerprint density at radius 2 is 1.64 bits per heavy atom. The largest absolute Gasteiger partial charge is 0.320 e. The molecule has 33 heavy (non-hydrogen) atoms. The molecule has 1 aromatic heterocycles. The minimum absolute atomic E-state index is 0.0681. The Balaban J connectivity index is 1.44. The van der Waals surface area contributed by atoms with Gasteiger partial charge in [0.2, 0.25) is 5.91 Å². The van der Waals surface area contributed by atoms with E-state index in [2.05, 4.69) is 5.32 Å². The van der Waals surface area contributed by atoms with Crippen LogP contribution in [0, 0.1) is 6.92 Å². The number of nitrogens with zero attached hydrogens (tertiary/aromatic N) is 3. The summed E-state index contributed by atoms with van der Waals surface area (Å²) >= 11 is 0.850. The predicted octanol–water partition coefficient (Wildman–Crippen LogP) is 3.55. The molecule has 3 amide bonds. The number of imide groups is 1. The number of nitrogens with one attached hydrogen (secondary N) is 1. The first-order chi connectivity index (χ1) is 15.9. The molecule has 0 spiro atoms. The van der Waals surface area contributed by atoms with Crippen molar-refractivity contribution in [2.75, 3.05) is 11.9 Å². The number of aromatic nitrogens is 2. The second kappa shape index (κ2) is 9.33. The highest BCUT2D eigenvalue weighted by Crippen LogP contribution is 2.32. The van der Waals surface area contributed by atoms with Gasteiger partial charge >= 0.3 is 0 Å². The lowest BCUT2D eigenvalue weighted by Gasteiger charge is -2.12. The average Bonchev–Trinajstić information content (AvgIpc) is 3.20. The third kappa shape index (κ3) is 4.54. The van der Waals surface area contributed by atoms with Gasteiger partial charge in [0, 0.05) is 20.0 Å². The minimum atomic E-state index is -0.452. The van der Waals surface area contributed by atoms with Crippen molar-refractivity contribution < 1.29 is 14.4 Å². The van der Waals surface area contributed by atoms with Crippen molar-refractivity contribution in [3.8, 4) is 5.69 Å². The minimum Gasteiger partial charge on any atom is -0.320 e. The van der Waals surface area contributed by atoms with Crippen LogP contribution >= 0.6 is 11.8 Å². The normalized spacial score (nSPS) is 14.8. The molecular weight excluding hydrogens is 440 g/mol.